The zero-order valence-corrected chi connectivity index (χ0v) is 13.2. The average molecular weight is 294 g/mol. The number of hydrogen-bond acceptors (Lipinski definition) is 4. The van der Waals surface area contributed by atoms with E-state index in [0.717, 1.165) is 38.3 Å². The maximum atomic E-state index is 10.6. The van der Waals surface area contributed by atoms with E-state index >= 15 is 0 Å². The Bertz CT molecular complexity index is 484. The van der Waals surface area contributed by atoms with Gasteiger partial charge in [0.25, 0.3) is 0 Å². The molecule has 1 saturated heterocycles. The largest absolute Gasteiger partial charge is 0.481 e. The minimum Gasteiger partial charge on any atom is -0.481 e. The van der Waals surface area contributed by atoms with Crippen LogP contribution in [0, 0.1) is 0 Å². The molecule has 2 heterocycles. The van der Waals surface area contributed by atoms with Gasteiger partial charge in [-0.15, -0.1) is 0 Å². The third-order valence-corrected chi connectivity index (χ3v) is 4.18. The molecular weight excluding hydrogens is 268 g/mol. The van der Waals surface area contributed by atoms with Crippen molar-refractivity contribution in [1.82, 2.24) is 19.6 Å². The fourth-order valence-electron chi connectivity index (χ4n) is 3.09. The highest BCUT2D eigenvalue weighted by molar-refractivity contribution is 5.66. The Morgan fingerprint density at radius 2 is 2.19 bits per heavy atom. The van der Waals surface area contributed by atoms with Crippen molar-refractivity contribution in [3.63, 3.8) is 0 Å². The third kappa shape index (κ3) is 4.28. The number of nitrogens with zero attached hydrogens (tertiary/aromatic N) is 4. The summed E-state index contributed by atoms with van der Waals surface area (Å²) in [5.74, 6) is -0.788. The molecule has 1 aliphatic heterocycles. The van der Waals surface area contributed by atoms with E-state index in [1.54, 1.807) is 4.68 Å². The van der Waals surface area contributed by atoms with Crippen LogP contribution in [0.2, 0.25) is 0 Å². The van der Waals surface area contributed by atoms with Crippen LogP contribution in [0.3, 0.4) is 0 Å². The number of rotatable bonds is 6. The molecule has 1 aromatic heterocycles. The fraction of sp³-hybridized carbons (Fsp3) is 0.733. The molecule has 1 aliphatic rings. The molecule has 0 saturated carbocycles. The maximum absolute atomic E-state index is 10.6. The van der Waals surface area contributed by atoms with Gasteiger partial charge in [-0.25, -0.2) is 0 Å². The monoisotopic (exact) mass is 294 g/mol. The first-order valence-electron chi connectivity index (χ1n) is 7.61. The molecule has 6 heteroatoms. The van der Waals surface area contributed by atoms with E-state index in [9.17, 15) is 4.79 Å². The Kier molecular flexibility index (Phi) is 5.00. The van der Waals surface area contributed by atoms with Crippen molar-refractivity contribution in [1.29, 1.82) is 0 Å². The lowest BCUT2D eigenvalue weighted by atomic mass is 9.98. The molecule has 2 rings (SSSR count). The van der Waals surface area contributed by atoms with Gasteiger partial charge in [0, 0.05) is 43.5 Å². The fourth-order valence-corrected chi connectivity index (χ4v) is 3.09. The summed E-state index contributed by atoms with van der Waals surface area (Å²) in [6, 6.07) is 0. The average Bonchev–Trinajstić information content (AvgIpc) is 2.83. The second-order valence-electron chi connectivity index (χ2n) is 6.36. The highest BCUT2D eigenvalue weighted by Gasteiger charge is 2.32. The Morgan fingerprint density at radius 3 is 2.81 bits per heavy atom. The number of aryl methyl sites for hydroxylation is 1. The molecule has 0 atom stereocenters. The number of carboxylic acids is 1. The molecule has 1 N–H and O–H groups in total. The maximum Gasteiger partial charge on any atom is 0.305 e. The molecule has 0 unspecified atom stereocenters. The van der Waals surface area contributed by atoms with Gasteiger partial charge in [0.05, 0.1) is 19.2 Å². The van der Waals surface area contributed by atoms with E-state index in [2.05, 4.69) is 35.7 Å². The number of carbonyl (C=O) groups is 1. The molecule has 0 radical (unpaired) electrons. The van der Waals surface area contributed by atoms with Crippen LogP contribution < -0.4 is 0 Å². The molecule has 0 bridgehead atoms. The van der Waals surface area contributed by atoms with E-state index in [0.29, 0.717) is 6.54 Å². The minimum absolute atomic E-state index is 0.114. The highest BCUT2D eigenvalue weighted by Crippen LogP contribution is 2.21. The molecule has 1 fully saturated rings. The van der Waals surface area contributed by atoms with Gasteiger partial charge in [0.15, 0.2) is 0 Å². The van der Waals surface area contributed by atoms with Crippen molar-refractivity contribution < 1.29 is 9.90 Å². The summed E-state index contributed by atoms with van der Waals surface area (Å²) in [7, 11) is 0. The summed E-state index contributed by atoms with van der Waals surface area (Å²) in [6.45, 7) is 12.4. The number of aromatic nitrogens is 2. The standard InChI is InChI=1S/C15H26N4O2/c1-4-18-8-7-17(12-15(18,2)3)10-13-9-16-19(11-13)6-5-14(20)21/h9,11H,4-8,10,12H2,1-3H3,(H,20,21). The summed E-state index contributed by atoms with van der Waals surface area (Å²) in [5.41, 5.74) is 1.35. The number of likely N-dealkylation sites (N-methyl/N-ethyl adjacent to an activating group) is 1. The number of hydrogen-bond donors (Lipinski definition) is 1. The van der Waals surface area contributed by atoms with Gasteiger partial charge in [-0.1, -0.05) is 6.92 Å². The van der Waals surface area contributed by atoms with E-state index in [1.807, 2.05) is 12.4 Å². The molecule has 1 aromatic rings. The van der Waals surface area contributed by atoms with Gasteiger partial charge in [-0.3, -0.25) is 19.3 Å². The molecule has 118 valence electrons. The van der Waals surface area contributed by atoms with E-state index in [-0.39, 0.29) is 12.0 Å². The van der Waals surface area contributed by atoms with Crippen LogP contribution in [0.15, 0.2) is 12.4 Å². The smallest absolute Gasteiger partial charge is 0.305 e. The van der Waals surface area contributed by atoms with Gasteiger partial charge in [-0.05, 0) is 20.4 Å². The van der Waals surface area contributed by atoms with Crippen molar-refractivity contribution in [2.75, 3.05) is 26.2 Å². The number of carboxylic acid groups (broad SMARTS) is 1. The van der Waals surface area contributed by atoms with Crippen molar-refractivity contribution in [3.8, 4) is 0 Å². The van der Waals surface area contributed by atoms with Gasteiger partial charge < -0.3 is 5.11 Å². The lowest BCUT2D eigenvalue weighted by Gasteiger charge is -2.46. The third-order valence-electron chi connectivity index (χ3n) is 4.18. The van der Waals surface area contributed by atoms with Gasteiger partial charge in [0.2, 0.25) is 0 Å². The van der Waals surface area contributed by atoms with Crippen molar-refractivity contribution in [2.45, 2.75) is 45.8 Å². The van der Waals surface area contributed by atoms with Crippen LogP contribution in [0.25, 0.3) is 0 Å². The Morgan fingerprint density at radius 1 is 1.43 bits per heavy atom. The minimum atomic E-state index is -0.788. The first-order valence-corrected chi connectivity index (χ1v) is 7.61. The summed E-state index contributed by atoms with van der Waals surface area (Å²) < 4.78 is 1.72. The molecule has 6 nitrogen and oxygen atoms in total. The molecule has 0 amide bonds. The topological polar surface area (TPSA) is 61.6 Å². The van der Waals surface area contributed by atoms with Gasteiger partial charge >= 0.3 is 5.97 Å². The van der Waals surface area contributed by atoms with Gasteiger partial charge in [-0.2, -0.15) is 5.10 Å². The summed E-state index contributed by atoms with van der Waals surface area (Å²) in [4.78, 5) is 15.5. The second-order valence-corrected chi connectivity index (χ2v) is 6.36. The Labute approximate surface area is 126 Å². The number of piperazine rings is 1. The lowest BCUT2D eigenvalue weighted by Crippen LogP contribution is -2.58. The van der Waals surface area contributed by atoms with Crippen LogP contribution in [-0.4, -0.2) is 62.4 Å². The molecule has 21 heavy (non-hydrogen) atoms. The quantitative estimate of drug-likeness (QED) is 0.856. The van der Waals surface area contributed by atoms with Crippen LogP contribution >= 0.6 is 0 Å². The predicted octanol–water partition coefficient (Wildman–Crippen LogP) is 1.27. The summed E-state index contributed by atoms with van der Waals surface area (Å²) in [5, 5.41) is 12.9. The summed E-state index contributed by atoms with van der Waals surface area (Å²) >= 11 is 0. The lowest BCUT2D eigenvalue weighted by molar-refractivity contribution is -0.137. The van der Waals surface area contributed by atoms with Crippen LogP contribution in [0.1, 0.15) is 32.8 Å². The molecule has 0 spiro atoms. The van der Waals surface area contributed by atoms with E-state index in [4.69, 9.17) is 5.11 Å². The van der Waals surface area contributed by atoms with Crippen molar-refractivity contribution >= 4 is 5.97 Å². The van der Waals surface area contributed by atoms with Crippen LogP contribution in [0.4, 0.5) is 0 Å². The number of aliphatic carboxylic acids is 1. The first-order chi connectivity index (χ1) is 9.90. The zero-order chi connectivity index (χ0) is 15.5. The zero-order valence-electron chi connectivity index (χ0n) is 13.2. The van der Waals surface area contributed by atoms with Crippen molar-refractivity contribution in [3.05, 3.63) is 18.0 Å². The second kappa shape index (κ2) is 6.58. The van der Waals surface area contributed by atoms with Gasteiger partial charge in [0.1, 0.15) is 0 Å². The van der Waals surface area contributed by atoms with Crippen molar-refractivity contribution in [2.24, 2.45) is 0 Å². The van der Waals surface area contributed by atoms with E-state index < -0.39 is 5.97 Å². The predicted molar refractivity (Wildman–Crippen MR) is 81.1 cm³/mol. The van der Waals surface area contributed by atoms with Crippen LogP contribution in [-0.2, 0) is 17.9 Å². The SMILES string of the molecule is CCN1CCN(Cc2cnn(CCC(=O)O)c2)CC1(C)C. The Balaban J connectivity index is 1.89. The molecule has 0 aromatic carbocycles. The van der Waals surface area contributed by atoms with E-state index in [1.165, 1.54) is 0 Å². The first kappa shape index (κ1) is 16.0. The normalized spacial score (nSPS) is 19.8. The molecular formula is C15H26N4O2. The van der Waals surface area contributed by atoms with Crippen LogP contribution in [0.5, 0.6) is 0 Å². The summed E-state index contributed by atoms with van der Waals surface area (Å²) in [6.07, 6.45) is 3.92. The molecule has 0 aliphatic carbocycles. The Hall–Kier alpha value is -1.40. The highest BCUT2D eigenvalue weighted by atomic mass is 16.4.